The number of carbonyl (C=O) groups is 2. The van der Waals surface area contributed by atoms with Gasteiger partial charge in [0.25, 0.3) is 0 Å². The molecule has 2 aliphatic heterocycles. The Labute approximate surface area is 186 Å². The molecule has 0 aliphatic carbocycles. The first-order valence-electron chi connectivity index (χ1n) is 11.1. The van der Waals surface area contributed by atoms with Crippen molar-refractivity contribution in [2.24, 2.45) is 5.41 Å². The molecule has 2 amide bonds. The highest BCUT2D eigenvalue weighted by Gasteiger charge is 2.45. The summed E-state index contributed by atoms with van der Waals surface area (Å²) in [6.45, 7) is 2.73. The minimum Gasteiger partial charge on any atom is -0.497 e. The van der Waals surface area contributed by atoms with Crippen LogP contribution in [0.5, 0.6) is 5.75 Å². The maximum Gasteiger partial charge on any atom is 0.228 e. The van der Waals surface area contributed by atoms with Gasteiger partial charge in [-0.15, -0.1) is 0 Å². The molecule has 2 aliphatic rings. The number of likely N-dealkylation sites (tertiary alicyclic amines) is 2. The van der Waals surface area contributed by atoms with Gasteiger partial charge < -0.3 is 19.1 Å². The number of fused-ring (bicyclic) bond motifs is 1. The summed E-state index contributed by atoms with van der Waals surface area (Å²) in [7, 11) is 1.65. The third kappa shape index (κ3) is 3.95. The average molecular weight is 434 g/mol. The minimum atomic E-state index is -0.0269. The monoisotopic (exact) mass is 433 g/mol. The van der Waals surface area contributed by atoms with Gasteiger partial charge in [0.1, 0.15) is 11.4 Å². The highest BCUT2D eigenvalue weighted by atomic mass is 16.5. The highest BCUT2D eigenvalue weighted by Crippen LogP contribution is 2.41. The number of nitrogens with zero attached hydrogens (tertiary/aromatic N) is 3. The second-order valence-electron chi connectivity index (χ2n) is 8.96. The number of hydrogen-bond donors (Lipinski definition) is 0. The van der Waals surface area contributed by atoms with E-state index in [1.807, 2.05) is 58.3 Å². The number of amides is 2. The molecule has 3 heterocycles. The van der Waals surface area contributed by atoms with Crippen LogP contribution in [0.2, 0.25) is 0 Å². The van der Waals surface area contributed by atoms with Crippen LogP contribution in [0.1, 0.15) is 30.5 Å². The lowest BCUT2D eigenvalue weighted by atomic mass is 9.77. The molecular weight excluding hydrogens is 406 g/mol. The number of methoxy groups -OCH3 is 1. The van der Waals surface area contributed by atoms with Crippen molar-refractivity contribution in [3.8, 4) is 5.75 Å². The molecule has 0 unspecified atom stereocenters. The number of para-hydroxylation sites is 1. The van der Waals surface area contributed by atoms with Gasteiger partial charge >= 0.3 is 0 Å². The van der Waals surface area contributed by atoms with Crippen molar-refractivity contribution in [2.45, 2.75) is 32.2 Å². The van der Waals surface area contributed by atoms with Crippen LogP contribution in [-0.4, -0.2) is 53.5 Å². The summed E-state index contributed by atoms with van der Waals surface area (Å²) >= 11 is 0. The van der Waals surface area contributed by atoms with Crippen LogP contribution >= 0.6 is 0 Å². The van der Waals surface area contributed by atoms with E-state index in [1.54, 1.807) is 7.11 Å². The molecule has 0 saturated carbocycles. The standard InChI is InChI=1S/C25H27N3O4/c1-31-19-8-6-18(7-9-19)16-28-17-25(15-24(28)30)10-12-27(13-11-25)23(29)14-21-20-4-2-3-5-22(20)32-26-21/h2-9H,10-17H2,1H3. The first-order valence-corrected chi connectivity index (χ1v) is 11.1. The van der Waals surface area contributed by atoms with Crippen molar-refractivity contribution in [2.75, 3.05) is 26.7 Å². The van der Waals surface area contributed by atoms with E-state index in [9.17, 15) is 9.59 Å². The average Bonchev–Trinajstić information content (AvgIpc) is 3.35. The predicted molar refractivity (Wildman–Crippen MR) is 119 cm³/mol. The number of rotatable bonds is 5. The molecule has 0 atom stereocenters. The van der Waals surface area contributed by atoms with Gasteiger partial charge in [0.2, 0.25) is 11.8 Å². The van der Waals surface area contributed by atoms with Crippen LogP contribution in [0.25, 0.3) is 11.0 Å². The predicted octanol–water partition coefficient (Wildman–Crippen LogP) is 3.42. The molecule has 2 fully saturated rings. The lowest BCUT2D eigenvalue weighted by Gasteiger charge is -2.38. The normalized spacial score (nSPS) is 18.0. The van der Waals surface area contributed by atoms with Crippen LogP contribution in [0.3, 0.4) is 0 Å². The Hall–Kier alpha value is -3.35. The maximum atomic E-state index is 12.9. The van der Waals surface area contributed by atoms with Crippen molar-refractivity contribution in [3.05, 3.63) is 59.8 Å². The van der Waals surface area contributed by atoms with Gasteiger partial charge in [-0.1, -0.05) is 29.4 Å². The van der Waals surface area contributed by atoms with Crippen molar-refractivity contribution >= 4 is 22.8 Å². The summed E-state index contributed by atoms with van der Waals surface area (Å²) in [6, 6.07) is 15.5. The fourth-order valence-corrected chi connectivity index (χ4v) is 4.96. The van der Waals surface area contributed by atoms with Gasteiger partial charge in [-0.05, 0) is 42.7 Å². The number of aromatic nitrogens is 1. The number of hydrogen-bond acceptors (Lipinski definition) is 5. The van der Waals surface area contributed by atoms with Gasteiger partial charge in [0, 0.05) is 43.4 Å². The summed E-state index contributed by atoms with van der Waals surface area (Å²) in [5.41, 5.74) is 2.46. The summed E-state index contributed by atoms with van der Waals surface area (Å²) in [5.74, 6) is 1.08. The van der Waals surface area contributed by atoms with Gasteiger partial charge in [-0.3, -0.25) is 9.59 Å². The number of carbonyl (C=O) groups excluding carboxylic acids is 2. The summed E-state index contributed by atoms with van der Waals surface area (Å²) in [5, 5.41) is 4.98. The van der Waals surface area contributed by atoms with Crippen LogP contribution in [0.15, 0.2) is 53.1 Å². The Morgan fingerprint density at radius 3 is 2.62 bits per heavy atom. The van der Waals surface area contributed by atoms with Gasteiger partial charge in [-0.25, -0.2) is 0 Å². The molecule has 0 bridgehead atoms. The van der Waals surface area contributed by atoms with E-state index >= 15 is 0 Å². The van der Waals surface area contributed by atoms with Crippen molar-refractivity contribution < 1.29 is 18.8 Å². The van der Waals surface area contributed by atoms with Crippen molar-refractivity contribution in [3.63, 3.8) is 0 Å². The van der Waals surface area contributed by atoms with Crippen LogP contribution in [0, 0.1) is 5.41 Å². The Kier molecular flexibility index (Phi) is 5.33. The molecule has 32 heavy (non-hydrogen) atoms. The Morgan fingerprint density at radius 2 is 1.88 bits per heavy atom. The lowest BCUT2D eigenvalue weighted by molar-refractivity contribution is -0.132. The Balaban J connectivity index is 1.18. The largest absolute Gasteiger partial charge is 0.497 e. The Bertz CT molecular complexity index is 1130. The molecular formula is C25H27N3O4. The third-order valence-corrected chi connectivity index (χ3v) is 6.89. The minimum absolute atomic E-state index is 0.0269. The first-order chi connectivity index (χ1) is 15.5. The molecule has 0 N–H and O–H groups in total. The quantitative estimate of drug-likeness (QED) is 0.616. The van der Waals surface area contributed by atoms with Crippen LogP contribution in [0.4, 0.5) is 0 Å². The molecule has 5 rings (SSSR count). The zero-order chi connectivity index (χ0) is 22.1. The lowest BCUT2D eigenvalue weighted by Crippen LogP contribution is -2.44. The smallest absolute Gasteiger partial charge is 0.228 e. The van der Waals surface area contributed by atoms with Gasteiger partial charge in [0.05, 0.1) is 13.5 Å². The van der Waals surface area contributed by atoms with Crippen molar-refractivity contribution in [1.29, 1.82) is 0 Å². The second kappa shape index (κ2) is 8.30. The third-order valence-electron chi connectivity index (χ3n) is 6.89. The van der Waals surface area contributed by atoms with Crippen molar-refractivity contribution in [1.82, 2.24) is 15.0 Å². The zero-order valence-electron chi connectivity index (χ0n) is 18.3. The van der Waals surface area contributed by atoms with E-state index in [2.05, 4.69) is 5.16 Å². The number of benzene rings is 2. The van der Waals surface area contributed by atoms with E-state index in [0.717, 1.165) is 36.1 Å². The van der Waals surface area contributed by atoms with Gasteiger partial charge in [0.15, 0.2) is 5.58 Å². The summed E-state index contributed by atoms with van der Waals surface area (Å²) in [6.07, 6.45) is 2.51. The molecule has 2 aromatic carbocycles. The summed E-state index contributed by atoms with van der Waals surface area (Å²) < 4.78 is 10.5. The molecule has 1 aromatic heterocycles. The number of ether oxygens (including phenoxy) is 1. The second-order valence-corrected chi connectivity index (χ2v) is 8.96. The molecule has 2 saturated heterocycles. The molecule has 7 heteroatoms. The van der Waals surface area contributed by atoms with E-state index in [0.29, 0.717) is 37.3 Å². The SMILES string of the molecule is COc1ccc(CN2CC3(CCN(C(=O)Cc4noc5ccccc45)CC3)CC2=O)cc1. The Morgan fingerprint density at radius 1 is 1.12 bits per heavy atom. The zero-order valence-corrected chi connectivity index (χ0v) is 18.3. The van der Waals surface area contributed by atoms with Crippen LogP contribution in [-0.2, 0) is 22.6 Å². The molecule has 3 aromatic rings. The van der Waals surface area contributed by atoms with Gasteiger partial charge in [-0.2, -0.15) is 0 Å². The van der Waals surface area contributed by atoms with E-state index < -0.39 is 0 Å². The molecule has 166 valence electrons. The van der Waals surface area contributed by atoms with E-state index in [1.165, 1.54) is 0 Å². The molecule has 1 spiro atoms. The van der Waals surface area contributed by atoms with Crippen LogP contribution < -0.4 is 4.74 Å². The summed E-state index contributed by atoms with van der Waals surface area (Å²) in [4.78, 5) is 29.5. The first kappa shape index (κ1) is 20.5. The fourth-order valence-electron chi connectivity index (χ4n) is 4.96. The van der Waals surface area contributed by atoms with E-state index in [4.69, 9.17) is 9.26 Å². The fraction of sp³-hybridized carbons (Fsp3) is 0.400. The highest BCUT2D eigenvalue weighted by molar-refractivity contribution is 5.86. The topological polar surface area (TPSA) is 75.9 Å². The maximum absolute atomic E-state index is 12.9. The number of piperidine rings is 1. The van der Waals surface area contributed by atoms with E-state index in [-0.39, 0.29) is 23.7 Å². The molecule has 7 nitrogen and oxygen atoms in total. The molecule has 0 radical (unpaired) electrons.